The van der Waals surface area contributed by atoms with Crippen molar-refractivity contribution in [1.82, 2.24) is 25.1 Å². The van der Waals surface area contributed by atoms with Gasteiger partial charge in [0.25, 0.3) is 0 Å². The lowest BCUT2D eigenvalue weighted by Crippen LogP contribution is -2.37. The van der Waals surface area contributed by atoms with E-state index in [0.29, 0.717) is 30.8 Å². The largest absolute Gasteiger partial charge is 0.476 e. The molecule has 106 valence electrons. The summed E-state index contributed by atoms with van der Waals surface area (Å²) >= 11 is 0. The van der Waals surface area contributed by atoms with Crippen molar-refractivity contribution in [3.8, 4) is 5.88 Å². The van der Waals surface area contributed by atoms with Gasteiger partial charge in [-0.05, 0) is 19.4 Å². The van der Waals surface area contributed by atoms with Crippen LogP contribution in [0.15, 0.2) is 29.4 Å². The Labute approximate surface area is 117 Å². The number of likely N-dealkylation sites (tertiary alicyclic amines) is 1. The van der Waals surface area contributed by atoms with Gasteiger partial charge in [-0.2, -0.15) is 0 Å². The van der Waals surface area contributed by atoms with Crippen molar-refractivity contribution in [2.75, 3.05) is 19.7 Å². The van der Waals surface area contributed by atoms with Gasteiger partial charge >= 0.3 is 0 Å². The fourth-order valence-electron chi connectivity index (χ4n) is 2.45. The van der Waals surface area contributed by atoms with Crippen LogP contribution in [0.2, 0.25) is 0 Å². The predicted molar refractivity (Wildman–Crippen MR) is 69.8 cm³/mol. The quantitative estimate of drug-likeness (QED) is 0.810. The second-order valence-electron chi connectivity index (χ2n) is 4.93. The number of nitrogens with zero attached hydrogens (tertiary/aromatic N) is 5. The van der Waals surface area contributed by atoms with Gasteiger partial charge in [-0.25, -0.2) is 4.98 Å². The molecule has 1 saturated heterocycles. The normalized spacial score (nSPS) is 19.9. The molecule has 0 aromatic carbocycles. The SMILES string of the molecule is c1cnc(OCC2CCCN(Cc3nnco3)C2)cn1. The molecule has 0 bridgehead atoms. The van der Waals surface area contributed by atoms with E-state index in [-0.39, 0.29) is 0 Å². The molecule has 1 fully saturated rings. The van der Waals surface area contributed by atoms with Crippen LogP contribution in [-0.4, -0.2) is 44.8 Å². The Hall–Kier alpha value is -2.02. The number of aromatic nitrogens is 4. The summed E-state index contributed by atoms with van der Waals surface area (Å²) in [6.45, 7) is 3.41. The maximum absolute atomic E-state index is 5.68. The van der Waals surface area contributed by atoms with E-state index in [1.54, 1.807) is 18.6 Å². The van der Waals surface area contributed by atoms with Crippen LogP contribution in [0.1, 0.15) is 18.7 Å². The Morgan fingerprint density at radius 3 is 3.20 bits per heavy atom. The second-order valence-corrected chi connectivity index (χ2v) is 4.93. The Bertz CT molecular complexity index is 505. The smallest absolute Gasteiger partial charge is 0.232 e. The molecule has 7 nitrogen and oxygen atoms in total. The van der Waals surface area contributed by atoms with E-state index in [1.165, 1.54) is 12.8 Å². The second kappa shape index (κ2) is 6.42. The number of piperidine rings is 1. The minimum atomic E-state index is 0.494. The Morgan fingerprint density at radius 2 is 2.40 bits per heavy atom. The molecule has 0 N–H and O–H groups in total. The molecule has 3 rings (SSSR count). The zero-order valence-corrected chi connectivity index (χ0v) is 11.2. The number of ether oxygens (including phenoxy) is 1. The molecular weight excluding hydrogens is 258 g/mol. The Kier molecular flexibility index (Phi) is 4.17. The molecule has 1 unspecified atom stereocenters. The topological polar surface area (TPSA) is 77.2 Å². The van der Waals surface area contributed by atoms with Crippen molar-refractivity contribution in [2.45, 2.75) is 19.4 Å². The van der Waals surface area contributed by atoms with Crippen LogP contribution in [-0.2, 0) is 6.54 Å². The molecule has 2 aromatic rings. The minimum absolute atomic E-state index is 0.494. The van der Waals surface area contributed by atoms with Crippen molar-refractivity contribution in [2.24, 2.45) is 5.92 Å². The summed E-state index contributed by atoms with van der Waals surface area (Å²) in [4.78, 5) is 10.4. The lowest BCUT2D eigenvalue weighted by Gasteiger charge is -2.31. The van der Waals surface area contributed by atoms with Crippen LogP contribution in [0.4, 0.5) is 0 Å². The molecule has 1 aliphatic rings. The highest BCUT2D eigenvalue weighted by Gasteiger charge is 2.21. The third-order valence-corrected chi connectivity index (χ3v) is 3.37. The first-order valence-corrected chi connectivity index (χ1v) is 6.76. The van der Waals surface area contributed by atoms with Crippen molar-refractivity contribution in [3.05, 3.63) is 30.9 Å². The van der Waals surface area contributed by atoms with Crippen molar-refractivity contribution < 1.29 is 9.15 Å². The average Bonchev–Trinajstić information content (AvgIpc) is 3.00. The van der Waals surface area contributed by atoms with Gasteiger partial charge in [-0.15, -0.1) is 10.2 Å². The van der Waals surface area contributed by atoms with Gasteiger partial charge < -0.3 is 9.15 Å². The first-order valence-electron chi connectivity index (χ1n) is 6.76. The molecule has 1 aliphatic heterocycles. The maximum atomic E-state index is 5.68. The van der Waals surface area contributed by atoms with Crippen molar-refractivity contribution in [1.29, 1.82) is 0 Å². The van der Waals surface area contributed by atoms with E-state index in [4.69, 9.17) is 9.15 Å². The summed E-state index contributed by atoms with van der Waals surface area (Å²) in [6.07, 6.45) is 8.61. The zero-order valence-electron chi connectivity index (χ0n) is 11.2. The van der Waals surface area contributed by atoms with Gasteiger partial charge in [0.15, 0.2) is 0 Å². The van der Waals surface area contributed by atoms with Gasteiger partial charge in [0.2, 0.25) is 18.2 Å². The minimum Gasteiger partial charge on any atom is -0.476 e. The summed E-state index contributed by atoms with van der Waals surface area (Å²) in [5.74, 6) is 1.75. The molecule has 3 heterocycles. The first kappa shape index (κ1) is 13.0. The lowest BCUT2D eigenvalue weighted by molar-refractivity contribution is 0.115. The van der Waals surface area contributed by atoms with Crippen LogP contribution in [0, 0.1) is 5.92 Å². The van der Waals surface area contributed by atoms with Crippen LogP contribution in [0.5, 0.6) is 5.88 Å². The first-order chi connectivity index (χ1) is 9.90. The average molecular weight is 275 g/mol. The third-order valence-electron chi connectivity index (χ3n) is 3.37. The Balaban J connectivity index is 1.48. The summed E-state index contributed by atoms with van der Waals surface area (Å²) in [5.41, 5.74) is 0. The molecule has 0 saturated carbocycles. The lowest BCUT2D eigenvalue weighted by atomic mass is 9.99. The molecule has 7 heteroatoms. The number of rotatable bonds is 5. The zero-order chi connectivity index (χ0) is 13.6. The molecule has 2 aromatic heterocycles. The highest BCUT2D eigenvalue weighted by Crippen LogP contribution is 2.19. The van der Waals surface area contributed by atoms with Crippen molar-refractivity contribution >= 4 is 0 Å². The predicted octanol–water partition coefficient (Wildman–Crippen LogP) is 1.15. The van der Waals surface area contributed by atoms with Gasteiger partial charge in [-0.3, -0.25) is 9.88 Å². The molecule has 0 aliphatic carbocycles. The summed E-state index contributed by atoms with van der Waals surface area (Å²) < 4.78 is 10.9. The fourth-order valence-corrected chi connectivity index (χ4v) is 2.45. The summed E-state index contributed by atoms with van der Waals surface area (Å²) in [7, 11) is 0. The van der Waals surface area contributed by atoms with Crippen LogP contribution >= 0.6 is 0 Å². The van der Waals surface area contributed by atoms with E-state index in [2.05, 4.69) is 25.1 Å². The van der Waals surface area contributed by atoms with Crippen LogP contribution in [0.25, 0.3) is 0 Å². The van der Waals surface area contributed by atoms with Gasteiger partial charge in [0, 0.05) is 24.9 Å². The van der Waals surface area contributed by atoms with E-state index in [1.807, 2.05) is 0 Å². The van der Waals surface area contributed by atoms with Crippen LogP contribution < -0.4 is 4.74 Å². The number of hydrogen-bond acceptors (Lipinski definition) is 7. The van der Waals surface area contributed by atoms with E-state index in [9.17, 15) is 0 Å². The third kappa shape index (κ3) is 3.51. The monoisotopic (exact) mass is 275 g/mol. The molecule has 20 heavy (non-hydrogen) atoms. The highest BCUT2D eigenvalue weighted by atomic mass is 16.5. The highest BCUT2D eigenvalue weighted by molar-refractivity contribution is 5.01. The van der Waals surface area contributed by atoms with E-state index >= 15 is 0 Å². The van der Waals surface area contributed by atoms with E-state index < -0.39 is 0 Å². The number of hydrogen-bond donors (Lipinski definition) is 0. The summed E-state index contributed by atoms with van der Waals surface area (Å²) in [6, 6.07) is 0. The molecule has 0 amide bonds. The van der Waals surface area contributed by atoms with Gasteiger partial charge in [0.05, 0.1) is 19.3 Å². The van der Waals surface area contributed by atoms with Gasteiger partial charge in [0.1, 0.15) is 0 Å². The summed E-state index contributed by atoms with van der Waals surface area (Å²) in [5, 5.41) is 7.62. The van der Waals surface area contributed by atoms with Crippen LogP contribution in [0.3, 0.4) is 0 Å². The molecule has 0 radical (unpaired) electrons. The van der Waals surface area contributed by atoms with Crippen molar-refractivity contribution in [3.63, 3.8) is 0 Å². The molecular formula is C13H17N5O2. The van der Waals surface area contributed by atoms with Gasteiger partial charge in [-0.1, -0.05) is 0 Å². The molecule has 0 spiro atoms. The fraction of sp³-hybridized carbons (Fsp3) is 0.538. The van der Waals surface area contributed by atoms with E-state index in [0.717, 1.165) is 19.5 Å². The maximum Gasteiger partial charge on any atom is 0.232 e. The molecule has 1 atom stereocenters. The standard InChI is InChI=1S/C13H17N5O2/c1-2-11(9-19-12-6-14-3-4-15-12)7-18(5-1)8-13-17-16-10-20-13/h3-4,6,10-11H,1-2,5,7-9H2. The Morgan fingerprint density at radius 1 is 1.40 bits per heavy atom.